The molecule has 0 amide bonds. The molecule has 0 unspecified atom stereocenters. The third kappa shape index (κ3) is 6.11. The molecule has 0 radical (unpaired) electrons. The van der Waals surface area contributed by atoms with E-state index < -0.39 is 35.7 Å². The number of benzene rings is 2. The van der Waals surface area contributed by atoms with E-state index in [1.807, 2.05) is 6.07 Å². The van der Waals surface area contributed by atoms with Crippen LogP contribution < -0.4 is 15.0 Å². The molecular formula is C25H23NO9. The Morgan fingerprint density at radius 2 is 1.40 bits per heavy atom. The van der Waals surface area contributed by atoms with Crippen LogP contribution in [0, 0.1) is 0 Å². The van der Waals surface area contributed by atoms with Crippen LogP contribution in [0.25, 0.3) is 10.9 Å². The molecule has 0 atom stereocenters. The van der Waals surface area contributed by atoms with Gasteiger partial charge in [0.1, 0.15) is 11.3 Å². The molecule has 35 heavy (non-hydrogen) atoms. The number of ether oxygens (including phenoxy) is 4. The Morgan fingerprint density at radius 1 is 0.800 bits per heavy atom. The second-order valence-corrected chi connectivity index (χ2v) is 7.54. The zero-order chi connectivity index (χ0) is 25.7. The number of carbonyl (C=O) groups excluding carboxylic acids is 4. The number of fused-ring (bicyclic) bond motifs is 1. The van der Waals surface area contributed by atoms with Crippen LogP contribution in [0.2, 0.25) is 0 Å². The SMILES string of the molecule is CC(=O)Oc1ccc2c(c1)c(OC(C)=O)c(C(OC(C)=O)OC(C)=O)c(=O)n2Cc1ccccc1. The first-order valence-electron chi connectivity index (χ1n) is 10.5. The molecular weight excluding hydrogens is 458 g/mol. The van der Waals surface area contributed by atoms with Crippen molar-refractivity contribution in [1.29, 1.82) is 0 Å². The minimum atomic E-state index is -1.80. The van der Waals surface area contributed by atoms with Gasteiger partial charge in [-0.1, -0.05) is 30.3 Å². The van der Waals surface area contributed by atoms with Crippen LogP contribution >= 0.6 is 0 Å². The Morgan fingerprint density at radius 3 is 1.94 bits per heavy atom. The zero-order valence-electron chi connectivity index (χ0n) is 19.5. The number of rotatable bonds is 7. The van der Waals surface area contributed by atoms with Crippen molar-refractivity contribution in [2.24, 2.45) is 0 Å². The number of hydrogen-bond acceptors (Lipinski definition) is 9. The van der Waals surface area contributed by atoms with E-state index in [1.165, 1.54) is 29.7 Å². The third-order valence-electron chi connectivity index (χ3n) is 4.70. The predicted molar refractivity (Wildman–Crippen MR) is 123 cm³/mol. The molecule has 0 bridgehead atoms. The highest BCUT2D eigenvalue weighted by Crippen LogP contribution is 2.36. The van der Waals surface area contributed by atoms with Gasteiger partial charge in [-0.25, -0.2) is 0 Å². The van der Waals surface area contributed by atoms with E-state index in [0.29, 0.717) is 5.52 Å². The summed E-state index contributed by atoms with van der Waals surface area (Å²) in [6.45, 7) is 4.57. The van der Waals surface area contributed by atoms with Gasteiger partial charge < -0.3 is 23.5 Å². The number of carbonyl (C=O) groups is 4. The first-order valence-corrected chi connectivity index (χ1v) is 10.5. The number of pyridine rings is 1. The summed E-state index contributed by atoms with van der Waals surface area (Å²) in [7, 11) is 0. The molecule has 0 aliphatic rings. The fraction of sp³-hybridized carbons (Fsp3) is 0.240. The van der Waals surface area contributed by atoms with E-state index in [9.17, 15) is 24.0 Å². The molecule has 0 fully saturated rings. The van der Waals surface area contributed by atoms with Gasteiger partial charge in [-0.05, 0) is 23.8 Å². The maximum atomic E-state index is 13.8. The normalized spacial score (nSPS) is 10.7. The molecule has 3 aromatic rings. The van der Waals surface area contributed by atoms with Crippen molar-refractivity contribution in [3.63, 3.8) is 0 Å². The average Bonchev–Trinajstić information content (AvgIpc) is 2.75. The van der Waals surface area contributed by atoms with Crippen molar-refractivity contribution in [1.82, 2.24) is 4.57 Å². The first-order chi connectivity index (χ1) is 16.6. The molecule has 1 aromatic heterocycles. The maximum absolute atomic E-state index is 13.8. The van der Waals surface area contributed by atoms with Gasteiger partial charge in [0.25, 0.3) is 11.8 Å². The monoisotopic (exact) mass is 481 g/mol. The topological polar surface area (TPSA) is 127 Å². The number of nitrogens with zero attached hydrogens (tertiary/aromatic N) is 1. The Hall–Kier alpha value is -4.47. The standard InChI is InChI=1S/C25H23NO9/c1-14(27)32-19-10-11-21-20(12-19)23(33-15(2)28)22(25(34-16(3)29)35-17(4)30)24(31)26(21)13-18-8-6-5-7-9-18/h5-12,25H,13H2,1-4H3. The van der Waals surface area contributed by atoms with E-state index in [4.69, 9.17) is 18.9 Å². The zero-order valence-corrected chi connectivity index (χ0v) is 19.5. The Labute approximate surface area is 200 Å². The second kappa shape index (κ2) is 10.6. The van der Waals surface area contributed by atoms with Crippen LogP contribution in [0.5, 0.6) is 11.5 Å². The highest BCUT2D eigenvalue weighted by molar-refractivity contribution is 5.91. The highest BCUT2D eigenvalue weighted by atomic mass is 16.7. The van der Waals surface area contributed by atoms with Crippen molar-refractivity contribution in [3.8, 4) is 11.5 Å². The highest BCUT2D eigenvalue weighted by Gasteiger charge is 2.31. The minimum absolute atomic E-state index is 0.0866. The van der Waals surface area contributed by atoms with Crippen molar-refractivity contribution < 1.29 is 38.1 Å². The summed E-state index contributed by atoms with van der Waals surface area (Å²) in [5.41, 5.74) is 0.00109. The predicted octanol–water partition coefficient (Wildman–Crippen LogP) is 3.03. The lowest BCUT2D eigenvalue weighted by Gasteiger charge is -2.22. The quantitative estimate of drug-likeness (QED) is 0.284. The first kappa shape index (κ1) is 25.2. The number of hydrogen-bond donors (Lipinski definition) is 0. The van der Waals surface area contributed by atoms with Gasteiger partial charge >= 0.3 is 23.9 Å². The minimum Gasteiger partial charge on any atom is -0.427 e. The van der Waals surface area contributed by atoms with Crippen LogP contribution in [-0.4, -0.2) is 28.4 Å². The summed E-state index contributed by atoms with van der Waals surface area (Å²) in [6.07, 6.45) is -1.80. The molecule has 0 aliphatic carbocycles. The van der Waals surface area contributed by atoms with Gasteiger partial charge in [-0.3, -0.25) is 24.0 Å². The lowest BCUT2D eigenvalue weighted by molar-refractivity contribution is -0.187. The van der Waals surface area contributed by atoms with Crippen molar-refractivity contribution in [2.75, 3.05) is 0 Å². The molecule has 10 heteroatoms. The smallest absolute Gasteiger partial charge is 0.308 e. The molecule has 0 saturated carbocycles. The Kier molecular flexibility index (Phi) is 7.65. The summed E-state index contributed by atoms with van der Waals surface area (Å²) in [5.74, 6) is -3.22. The van der Waals surface area contributed by atoms with E-state index in [2.05, 4.69) is 0 Å². The average molecular weight is 481 g/mol. The summed E-state index contributed by atoms with van der Waals surface area (Å²) < 4.78 is 22.1. The second-order valence-electron chi connectivity index (χ2n) is 7.54. The fourth-order valence-corrected chi connectivity index (χ4v) is 3.49. The largest absolute Gasteiger partial charge is 0.427 e. The van der Waals surface area contributed by atoms with Gasteiger partial charge in [0.15, 0.2) is 5.75 Å². The molecule has 10 nitrogen and oxygen atoms in total. The van der Waals surface area contributed by atoms with Crippen LogP contribution in [0.1, 0.15) is 45.1 Å². The number of esters is 4. The summed E-state index contributed by atoms with van der Waals surface area (Å²) >= 11 is 0. The molecule has 182 valence electrons. The molecule has 0 N–H and O–H groups in total. The van der Waals surface area contributed by atoms with Gasteiger partial charge in [0, 0.05) is 33.1 Å². The van der Waals surface area contributed by atoms with Crippen molar-refractivity contribution in [2.45, 2.75) is 40.5 Å². The van der Waals surface area contributed by atoms with Crippen molar-refractivity contribution in [3.05, 3.63) is 70.0 Å². The molecule has 2 aromatic carbocycles. The lowest BCUT2D eigenvalue weighted by Crippen LogP contribution is -2.31. The van der Waals surface area contributed by atoms with Crippen LogP contribution in [0.3, 0.4) is 0 Å². The van der Waals surface area contributed by atoms with E-state index in [-0.39, 0.29) is 29.0 Å². The molecule has 0 spiro atoms. The Balaban J connectivity index is 2.42. The molecule has 0 saturated heterocycles. The lowest BCUT2D eigenvalue weighted by atomic mass is 10.1. The summed E-state index contributed by atoms with van der Waals surface area (Å²) in [5, 5.41) is 0.189. The van der Waals surface area contributed by atoms with Gasteiger partial charge in [-0.2, -0.15) is 0 Å². The van der Waals surface area contributed by atoms with E-state index in [1.54, 1.807) is 24.3 Å². The third-order valence-corrected chi connectivity index (χ3v) is 4.70. The summed E-state index contributed by atoms with van der Waals surface area (Å²) in [6, 6.07) is 13.5. The fourth-order valence-electron chi connectivity index (χ4n) is 3.49. The van der Waals surface area contributed by atoms with Crippen LogP contribution in [0.15, 0.2) is 53.3 Å². The maximum Gasteiger partial charge on any atom is 0.308 e. The molecule has 0 aliphatic heterocycles. The summed E-state index contributed by atoms with van der Waals surface area (Å²) in [4.78, 5) is 60.8. The number of aromatic nitrogens is 1. The van der Waals surface area contributed by atoms with Gasteiger partial charge in [-0.15, -0.1) is 0 Å². The molecule has 3 rings (SSSR count). The van der Waals surface area contributed by atoms with E-state index in [0.717, 1.165) is 26.3 Å². The molecule has 1 heterocycles. The van der Waals surface area contributed by atoms with Gasteiger partial charge in [0.05, 0.1) is 12.1 Å². The Bertz CT molecular complexity index is 1340. The van der Waals surface area contributed by atoms with Crippen molar-refractivity contribution >= 4 is 34.8 Å². The van der Waals surface area contributed by atoms with Crippen LogP contribution in [0.4, 0.5) is 0 Å². The van der Waals surface area contributed by atoms with Gasteiger partial charge in [0.2, 0.25) is 0 Å². The van der Waals surface area contributed by atoms with Crippen LogP contribution in [-0.2, 0) is 35.2 Å². The van der Waals surface area contributed by atoms with E-state index >= 15 is 0 Å².